The zero-order valence-corrected chi connectivity index (χ0v) is 19.7. The number of piperidine rings is 1. The lowest BCUT2D eigenvalue weighted by atomic mass is 9.88. The normalized spacial score (nSPS) is 22.7. The maximum Gasteiger partial charge on any atom is 0.191 e. The molecule has 7 heteroatoms. The third-order valence-corrected chi connectivity index (χ3v) is 6.83. The minimum Gasteiger partial charge on any atom is -0.466 e. The average Bonchev–Trinajstić information content (AvgIpc) is 3.33. The second-order valence-corrected chi connectivity index (χ2v) is 9.50. The second kappa shape index (κ2) is 9.98. The van der Waals surface area contributed by atoms with Crippen molar-refractivity contribution in [3.63, 3.8) is 0 Å². The molecule has 0 radical (unpaired) electrons. The number of likely N-dealkylation sites (tertiary alicyclic amines) is 1. The van der Waals surface area contributed by atoms with Gasteiger partial charge in [0.15, 0.2) is 5.96 Å². The summed E-state index contributed by atoms with van der Waals surface area (Å²) in [5, 5.41) is 20.0. The van der Waals surface area contributed by atoms with Crippen molar-refractivity contribution in [2.24, 2.45) is 10.9 Å². The Morgan fingerprint density at radius 1 is 1.40 bits per heavy atom. The van der Waals surface area contributed by atoms with Gasteiger partial charge in [0.2, 0.25) is 0 Å². The molecule has 1 saturated heterocycles. The quantitative estimate of drug-likeness (QED) is 0.458. The number of furan rings is 1. The van der Waals surface area contributed by atoms with Gasteiger partial charge in [-0.1, -0.05) is 6.07 Å². The molecule has 0 amide bonds. The van der Waals surface area contributed by atoms with E-state index in [-0.39, 0.29) is 6.54 Å². The molecule has 3 rings (SSSR count). The summed E-state index contributed by atoms with van der Waals surface area (Å²) in [5.74, 6) is 2.81. The first kappa shape index (κ1) is 22.8. The van der Waals surface area contributed by atoms with E-state index in [4.69, 9.17) is 9.41 Å². The minimum atomic E-state index is -1.07. The smallest absolute Gasteiger partial charge is 0.191 e. The third-order valence-electron chi connectivity index (χ3n) is 5.88. The van der Waals surface area contributed by atoms with E-state index in [9.17, 15) is 5.11 Å². The van der Waals surface area contributed by atoms with Crippen LogP contribution in [0.1, 0.15) is 54.7 Å². The molecule has 3 atom stereocenters. The topological polar surface area (TPSA) is 73.0 Å². The van der Waals surface area contributed by atoms with Crippen LogP contribution in [0.5, 0.6) is 0 Å². The van der Waals surface area contributed by atoms with Crippen LogP contribution in [-0.4, -0.2) is 49.2 Å². The molecule has 2 aromatic heterocycles. The number of hydrogen-bond donors (Lipinski definition) is 3. The Bertz CT molecular complexity index is 828. The Kier molecular flexibility index (Phi) is 7.60. The third kappa shape index (κ3) is 5.45. The summed E-state index contributed by atoms with van der Waals surface area (Å²) in [6, 6.07) is 6.72. The first-order valence-corrected chi connectivity index (χ1v) is 11.8. The molecule has 2 aromatic rings. The van der Waals surface area contributed by atoms with Crippen LogP contribution in [0.15, 0.2) is 33.0 Å². The zero-order valence-electron chi connectivity index (χ0n) is 18.9. The SMILES string of the molecule is CCNC(=NCC(C)(O)c1cc(C)oc1C)NCC1CCCN(C)C1c1cccs1. The summed E-state index contributed by atoms with van der Waals surface area (Å²) in [5.41, 5.74) is -0.277. The van der Waals surface area contributed by atoms with Crippen molar-refractivity contribution < 1.29 is 9.52 Å². The van der Waals surface area contributed by atoms with Crippen LogP contribution in [0.2, 0.25) is 0 Å². The molecule has 0 spiro atoms. The molecule has 0 saturated carbocycles. The lowest BCUT2D eigenvalue weighted by Crippen LogP contribution is -2.45. The summed E-state index contributed by atoms with van der Waals surface area (Å²) in [7, 11) is 2.22. The Labute approximate surface area is 184 Å². The van der Waals surface area contributed by atoms with Crippen molar-refractivity contribution >= 4 is 17.3 Å². The fourth-order valence-corrected chi connectivity index (χ4v) is 5.42. The number of aliphatic hydroxyl groups is 1. The van der Waals surface area contributed by atoms with Crippen LogP contribution < -0.4 is 10.6 Å². The highest BCUT2D eigenvalue weighted by molar-refractivity contribution is 7.10. The zero-order chi connectivity index (χ0) is 21.7. The predicted octanol–water partition coefficient (Wildman–Crippen LogP) is 3.80. The number of thiophene rings is 1. The van der Waals surface area contributed by atoms with Crippen LogP contribution >= 0.6 is 11.3 Å². The Morgan fingerprint density at radius 3 is 2.83 bits per heavy atom. The molecular weight excluding hydrogens is 396 g/mol. The van der Waals surface area contributed by atoms with Crippen LogP contribution in [0.25, 0.3) is 0 Å². The number of aryl methyl sites for hydroxylation is 2. The first-order chi connectivity index (χ1) is 14.3. The summed E-state index contributed by atoms with van der Waals surface area (Å²) in [6.07, 6.45) is 2.41. The number of nitrogens with one attached hydrogen (secondary N) is 2. The summed E-state index contributed by atoms with van der Waals surface area (Å²) in [4.78, 5) is 8.60. The van der Waals surface area contributed by atoms with E-state index in [2.05, 4.69) is 47.0 Å². The van der Waals surface area contributed by atoms with Gasteiger partial charge in [-0.25, -0.2) is 4.99 Å². The summed E-state index contributed by atoms with van der Waals surface area (Å²) < 4.78 is 5.60. The number of nitrogens with zero attached hydrogens (tertiary/aromatic N) is 2. The second-order valence-electron chi connectivity index (χ2n) is 8.52. The molecule has 6 nitrogen and oxygen atoms in total. The van der Waals surface area contributed by atoms with Crippen molar-refractivity contribution in [3.8, 4) is 0 Å². The van der Waals surface area contributed by atoms with Gasteiger partial charge in [0.1, 0.15) is 17.1 Å². The number of hydrogen-bond acceptors (Lipinski definition) is 5. The molecule has 3 heterocycles. The van der Waals surface area contributed by atoms with Gasteiger partial charge in [-0.3, -0.25) is 4.90 Å². The Hall–Kier alpha value is -1.83. The van der Waals surface area contributed by atoms with Gasteiger partial charge in [-0.15, -0.1) is 11.3 Å². The van der Waals surface area contributed by atoms with Gasteiger partial charge >= 0.3 is 0 Å². The van der Waals surface area contributed by atoms with E-state index >= 15 is 0 Å². The number of rotatable bonds is 7. The molecule has 166 valence electrons. The fraction of sp³-hybridized carbons (Fsp3) is 0.609. The molecule has 0 bridgehead atoms. The minimum absolute atomic E-state index is 0.265. The van der Waals surface area contributed by atoms with E-state index in [0.29, 0.717) is 12.0 Å². The fourth-order valence-electron chi connectivity index (χ4n) is 4.44. The van der Waals surface area contributed by atoms with Crippen molar-refractivity contribution in [3.05, 3.63) is 45.5 Å². The molecular formula is C23H36N4O2S. The van der Waals surface area contributed by atoms with E-state index < -0.39 is 5.60 Å². The van der Waals surface area contributed by atoms with Gasteiger partial charge < -0.3 is 20.2 Å². The van der Waals surface area contributed by atoms with E-state index in [1.54, 1.807) is 6.92 Å². The molecule has 0 aromatic carbocycles. The van der Waals surface area contributed by atoms with Gasteiger partial charge in [0.25, 0.3) is 0 Å². The van der Waals surface area contributed by atoms with Gasteiger partial charge in [-0.05, 0) is 77.6 Å². The summed E-state index contributed by atoms with van der Waals surface area (Å²) in [6.45, 7) is 10.7. The highest BCUT2D eigenvalue weighted by Crippen LogP contribution is 2.36. The first-order valence-electron chi connectivity index (χ1n) is 10.9. The van der Waals surface area contributed by atoms with Crippen LogP contribution in [-0.2, 0) is 5.60 Å². The predicted molar refractivity (Wildman–Crippen MR) is 124 cm³/mol. The van der Waals surface area contributed by atoms with Crippen LogP contribution in [0, 0.1) is 19.8 Å². The average molecular weight is 433 g/mol. The van der Waals surface area contributed by atoms with Crippen LogP contribution in [0.3, 0.4) is 0 Å². The molecule has 1 fully saturated rings. The van der Waals surface area contributed by atoms with Crippen molar-refractivity contribution in [1.29, 1.82) is 0 Å². The molecule has 0 aliphatic carbocycles. The van der Waals surface area contributed by atoms with Crippen molar-refractivity contribution in [2.75, 3.05) is 33.2 Å². The van der Waals surface area contributed by atoms with E-state index in [0.717, 1.165) is 42.7 Å². The standard InChI is InChI=1S/C23H36N4O2S/c1-6-24-22(26-15-23(4,28)19-13-16(2)29-17(19)3)25-14-18-9-7-11-27(5)21(18)20-10-8-12-30-20/h8,10,12-13,18,21,28H,6-7,9,11,14-15H2,1-5H3,(H2,24,25,26). The number of guanidine groups is 1. The monoisotopic (exact) mass is 432 g/mol. The maximum absolute atomic E-state index is 11.0. The molecule has 3 unspecified atom stereocenters. The lowest BCUT2D eigenvalue weighted by Gasteiger charge is -2.39. The van der Waals surface area contributed by atoms with Gasteiger partial charge in [0.05, 0.1) is 6.54 Å². The Balaban J connectivity index is 1.68. The molecule has 3 N–H and O–H groups in total. The molecule has 1 aliphatic rings. The summed E-state index contributed by atoms with van der Waals surface area (Å²) >= 11 is 1.84. The van der Waals surface area contributed by atoms with E-state index in [1.165, 1.54) is 17.7 Å². The highest BCUT2D eigenvalue weighted by atomic mass is 32.1. The van der Waals surface area contributed by atoms with Crippen molar-refractivity contribution in [1.82, 2.24) is 15.5 Å². The van der Waals surface area contributed by atoms with Gasteiger partial charge in [0, 0.05) is 29.6 Å². The van der Waals surface area contributed by atoms with E-state index in [1.807, 2.05) is 31.3 Å². The highest BCUT2D eigenvalue weighted by Gasteiger charge is 2.31. The lowest BCUT2D eigenvalue weighted by molar-refractivity contribution is 0.0656. The van der Waals surface area contributed by atoms with Crippen LogP contribution in [0.4, 0.5) is 0 Å². The largest absolute Gasteiger partial charge is 0.466 e. The number of aliphatic imine (C=N–C) groups is 1. The Morgan fingerprint density at radius 2 is 2.20 bits per heavy atom. The maximum atomic E-state index is 11.0. The van der Waals surface area contributed by atoms with Crippen molar-refractivity contribution in [2.45, 2.75) is 52.2 Å². The molecule has 1 aliphatic heterocycles. The molecule has 30 heavy (non-hydrogen) atoms. The van der Waals surface area contributed by atoms with Gasteiger partial charge in [-0.2, -0.15) is 0 Å².